The Morgan fingerprint density at radius 1 is 1.10 bits per heavy atom. The van der Waals surface area contributed by atoms with Crippen LogP contribution in [0.2, 0.25) is 0 Å². The summed E-state index contributed by atoms with van der Waals surface area (Å²) < 4.78 is 5.26. The molecule has 1 saturated carbocycles. The minimum atomic E-state index is -0.0342. The third kappa shape index (κ3) is 4.82. The lowest BCUT2D eigenvalue weighted by atomic mass is 9.92. The standard InChI is InChI=1S/C23H30N4O2.HI/c1-3-24-22(25-17-23(10-11-23)19-8-5-4-7-18(19)2)27-14-12-26(13-15-27)21(28)20-9-6-16-29-20;/h4-9,16H,3,10-15,17H2,1-2H3,(H,24,25);1H. The number of benzene rings is 1. The largest absolute Gasteiger partial charge is 0.459 e. The Balaban J connectivity index is 0.00000256. The van der Waals surface area contributed by atoms with E-state index in [0.717, 1.165) is 32.1 Å². The van der Waals surface area contributed by atoms with Gasteiger partial charge in [0.1, 0.15) is 0 Å². The SMILES string of the molecule is CCNC(=NCC1(c2ccccc2C)CC1)N1CCN(C(=O)c2ccco2)CC1.I. The smallest absolute Gasteiger partial charge is 0.289 e. The number of halogens is 1. The molecule has 0 radical (unpaired) electrons. The molecule has 0 bridgehead atoms. The Bertz CT molecular complexity index is 869. The highest BCUT2D eigenvalue weighted by Crippen LogP contribution is 2.49. The third-order valence-electron chi connectivity index (χ3n) is 6.03. The Labute approximate surface area is 195 Å². The molecule has 6 nitrogen and oxygen atoms in total. The van der Waals surface area contributed by atoms with Crippen molar-refractivity contribution in [1.82, 2.24) is 15.1 Å². The van der Waals surface area contributed by atoms with Crippen molar-refractivity contribution in [3.8, 4) is 0 Å². The van der Waals surface area contributed by atoms with E-state index in [9.17, 15) is 4.79 Å². The molecular formula is C23H31IN4O2. The molecule has 2 heterocycles. The quantitative estimate of drug-likeness (QED) is 0.370. The first kappa shape index (κ1) is 22.7. The number of hydrogen-bond acceptors (Lipinski definition) is 3. The van der Waals surface area contributed by atoms with Crippen molar-refractivity contribution in [3.63, 3.8) is 0 Å². The van der Waals surface area contributed by atoms with Gasteiger partial charge < -0.3 is 19.5 Å². The highest BCUT2D eigenvalue weighted by atomic mass is 127. The molecule has 162 valence electrons. The molecule has 30 heavy (non-hydrogen) atoms. The molecule has 7 heteroatoms. The Hall–Kier alpha value is -2.03. The first-order valence-corrected chi connectivity index (χ1v) is 10.5. The van der Waals surface area contributed by atoms with Gasteiger partial charge in [-0.25, -0.2) is 0 Å². The topological polar surface area (TPSA) is 61.1 Å². The van der Waals surface area contributed by atoms with Gasteiger partial charge in [0.05, 0.1) is 12.8 Å². The van der Waals surface area contributed by atoms with Crippen molar-refractivity contribution in [3.05, 3.63) is 59.5 Å². The van der Waals surface area contributed by atoms with Gasteiger partial charge in [0.25, 0.3) is 5.91 Å². The van der Waals surface area contributed by atoms with Crippen molar-refractivity contribution in [2.75, 3.05) is 39.3 Å². The summed E-state index contributed by atoms with van der Waals surface area (Å²) >= 11 is 0. The number of carbonyl (C=O) groups excluding carboxylic acids is 1. The molecule has 4 rings (SSSR count). The molecule has 2 fully saturated rings. The van der Waals surface area contributed by atoms with Crippen molar-refractivity contribution >= 4 is 35.8 Å². The van der Waals surface area contributed by atoms with Gasteiger partial charge in [0, 0.05) is 38.1 Å². The van der Waals surface area contributed by atoms with Crippen LogP contribution in [0.3, 0.4) is 0 Å². The van der Waals surface area contributed by atoms with Crippen LogP contribution in [0.4, 0.5) is 0 Å². The minimum absolute atomic E-state index is 0. The fraction of sp³-hybridized carbons (Fsp3) is 0.478. The number of amides is 1. The predicted molar refractivity (Wildman–Crippen MR) is 130 cm³/mol. The molecule has 1 aliphatic heterocycles. The first-order chi connectivity index (χ1) is 14.1. The zero-order valence-electron chi connectivity index (χ0n) is 17.8. The lowest BCUT2D eigenvalue weighted by Crippen LogP contribution is -2.53. The second-order valence-electron chi connectivity index (χ2n) is 8.02. The van der Waals surface area contributed by atoms with Crippen molar-refractivity contribution in [2.24, 2.45) is 4.99 Å². The van der Waals surface area contributed by atoms with Crippen molar-refractivity contribution in [1.29, 1.82) is 0 Å². The van der Waals surface area contributed by atoms with Gasteiger partial charge in [0.2, 0.25) is 0 Å². The molecule has 2 aromatic rings. The van der Waals surface area contributed by atoms with Crippen LogP contribution in [0, 0.1) is 6.92 Å². The number of guanidine groups is 1. The van der Waals surface area contributed by atoms with Gasteiger partial charge >= 0.3 is 0 Å². The molecule has 1 N–H and O–H groups in total. The summed E-state index contributed by atoms with van der Waals surface area (Å²) in [7, 11) is 0. The number of hydrogen-bond donors (Lipinski definition) is 1. The van der Waals surface area contributed by atoms with Crippen LogP contribution in [0.15, 0.2) is 52.1 Å². The van der Waals surface area contributed by atoms with Gasteiger partial charge in [-0.05, 0) is 49.9 Å². The highest BCUT2D eigenvalue weighted by Gasteiger charge is 2.45. The summed E-state index contributed by atoms with van der Waals surface area (Å²) in [5.74, 6) is 1.33. The van der Waals surface area contributed by atoms with E-state index in [4.69, 9.17) is 9.41 Å². The van der Waals surface area contributed by atoms with Crippen LogP contribution in [-0.4, -0.2) is 60.9 Å². The fourth-order valence-corrected chi connectivity index (χ4v) is 4.16. The monoisotopic (exact) mass is 522 g/mol. The van der Waals surface area contributed by atoms with Crippen LogP contribution in [0.25, 0.3) is 0 Å². The molecule has 2 aliphatic rings. The summed E-state index contributed by atoms with van der Waals surface area (Å²) in [5, 5.41) is 3.44. The zero-order chi connectivity index (χ0) is 20.3. The summed E-state index contributed by atoms with van der Waals surface area (Å²) in [5.41, 5.74) is 2.99. The number of piperazine rings is 1. The summed E-state index contributed by atoms with van der Waals surface area (Å²) in [6.45, 7) is 8.83. The number of rotatable bonds is 5. The lowest BCUT2D eigenvalue weighted by Gasteiger charge is -2.36. The van der Waals surface area contributed by atoms with Crippen LogP contribution in [0.1, 0.15) is 41.4 Å². The van der Waals surface area contributed by atoms with Gasteiger partial charge in [0.15, 0.2) is 11.7 Å². The number of carbonyl (C=O) groups is 1. The molecular weight excluding hydrogens is 491 g/mol. The van der Waals surface area contributed by atoms with Crippen LogP contribution < -0.4 is 5.32 Å². The van der Waals surface area contributed by atoms with Gasteiger partial charge in [-0.1, -0.05) is 24.3 Å². The molecule has 1 aliphatic carbocycles. The van der Waals surface area contributed by atoms with Crippen LogP contribution >= 0.6 is 24.0 Å². The second kappa shape index (κ2) is 9.85. The van der Waals surface area contributed by atoms with Crippen LogP contribution in [0.5, 0.6) is 0 Å². The van der Waals surface area contributed by atoms with Gasteiger partial charge in [-0.15, -0.1) is 24.0 Å². The number of nitrogens with zero attached hydrogens (tertiary/aromatic N) is 3. The number of aryl methyl sites for hydroxylation is 1. The van der Waals surface area contributed by atoms with E-state index in [1.165, 1.54) is 24.0 Å². The van der Waals surface area contributed by atoms with Gasteiger partial charge in [-0.3, -0.25) is 9.79 Å². The Morgan fingerprint density at radius 2 is 1.80 bits per heavy atom. The molecule has 0 spiro atoms. The fourth-order valence-electron chi connectivity index (χ4n) is 4.16. The Kier molecular flexibility index (Phi) is 7.44. The first-order valence-electron chi connectivity index (χ1n) is 10.5. The van der Waals surface area contributed by atoms with Crippen molar-refractivity contribution in [2.45, 2.75) is 32.1 Å². The maximum absolute atomic E-state index is 12.5. The van der Waals surface area contributed by atoms with E-state index in [2.05, 4.69) is 48.3 Å². The second-order valence-corrected chi connectivity index (χ2v) is 8.02. The molecule has 0 atom stereocenters. The lowest BCUT2D eigenvalue weighted by molar-refractivity contribution is 0.0657. The molecule has 1 aromatic carbocycles. The number of nitrogens with one attached hydrogen (secondary N) is 1. The summed E-state index contributed by atoms with van der Waals surface area (Å²) in [6, 6.07) is 12.2. The van der Waals surface area contributed by atoms with Crippen LogP contribution in [-0.2, 0) is 5.41 Å². The van der Waals surface area contributed by atoms with E-state index in [0.29, 0.717) is 18.8 Å². The third-order valence-corrected chi connectivity index (χ3v) is 6.03. The number of aliphatic imine (C=N–C) groups is 1. The normalized spacial score (nSPS) is 18.0. The maximum Gasteiger partial charge on any atom is 0.289 e. The van der Waals surface area contributed by atoms with E-state index in [1.54, 1.807) is 18.4 Å². The predicted octanol–water partition coefficient (Wildman–Crippen LogP) is 3.66. The van der Waals surface area contributed by atoms with Crippen molar-refractivity contribution < 1.29 is 9.21 Å². The Morgan fingerprint density at radius 3 is 2.40 bits per heavy atom. The highest BCUT2D eigenvalue weighted by molar-refractivity contribution is 14.0. The van der Waals surface area contributed by atoms with E-state index in [-0.39, 0.29) is 35.3 Å². The van der Waals surface area contributed by atoms with E-state index in [1.807, 2.05) is 4.90 Å². The minimum Gasteiger partial charge on any atom is -0.459 e. The van der Waals surface area contributed by atoms with E-state index >= 15 is 0 Å². The molecule has 0 unspecified atom stereocenters. The average molecular weight is 522 g/mol. The average Bonchev–Trinajstić information content (AvgIpc) is 3.32. The number of furan rings is 1. The zero-order valence-corrected chi connectivity index (χ0v) is 20.1. The van der Waals surface area contributed by atoms with E-state index < -0.39 is 0 Å². The molecule has 1 saturated heterocycles. The molecule has 1 amide bonds. The summed E-state index contributed by atoms with van der Waals surface area (Å²) in [4.78, 5) is 21.6. The summed E-state index contributed by atoms with van der Waals surface area (Å²) in [6.07, 6.45) is 3.94. The van der Waals surface area contributed by atoms with Gasteiger partial charge in [-0.2, -0.15) is 0 Å². The molecule has 1 aromatic heterocycles. The maximum atomic E-state index is 12.5.